The second-order valence-corrected chi connectivity index (χ2v) is 6.82. The van der Waals surface area contributed by atoms with Crippen LogP contribution in [0.1, 0.15) is 0 Å². The summed E-state index contributed by atoms with van der Waals surface area (Å²) in [5, 5.41) is 0.281. The van der Waals surface area contributed by atoms with E-state index < -0.39 is 10.0 Å². The topological polar surface area (TPSA) is 98.0 Å². The number of nitrogens with one attached hydrogen (secondary N) is 1. The van der Waals surface area contributed by atoms with Gasteiger partial charge in [0.1, 0.15) is 15.9 Å². The van der Waals surface area contributed by atoms with Crippen LogP contribution >= 0.6 is 23.3 Å². The molecule has 0 saturated carbocycles. The number of nitrogens with two attached hydrogens (primary N) is 1. The molecule has 3 aromatic rings. The third-order valence-electron chi connectivity index (χ3n) is 2.79. The molecule has 0 unspecified atom stereocenters. The Balaban J connectivity index is 2.04. The van der Waals surface area contributed by atoms with Crippen LogP contribution in [0.5, 0.6) is 0 Å². The number of rotatable bonds is 3. The number of sulfonamides is 1. The van der Waals surface area contributed by atoms with E-state index in [1.54, 1.807) is 12.1 Å². The van der Waals surface area contributed by atoms with Gasteiger partial charge in [0.05, 0.1) is 28.1 Å². The lowest BCUT2D eigenvalue weighted by Crippen LogP contribution is -2.13. The van der Waals surface area contributed by atoms with Crippen molar-refractivity contribution in [2.24, 2.45) is 0 Å². The number of aromatic nitrogens is 2. The van der Waals surface area contributed by atoms with Gasteiger partial charge < -0.3 is 5.73 Å². The van der Waals surface area contributed by atoms with E-state index in [9.17, 15) is 8.42 Å². The van der Waals surface area contributed by atoms with Crippen LogP contribution in [0, 0.1) is 0 Å². The van der Waals surface area contributed by atoms with Crippen LogP contribution in [0.25, 0.3) is 11.0 Å². The molecule has 0 saturated heterocycles. The third kappa shape index (κ3) is 2.65. The molecule has 1 heterocycles. The van der Waals surface area contributed by atoms with Crippen molar-refractivity contribution in [3.63, 3.8) is 0 Å². The molecular formula is C12H9ClN4O2S2. The van der Waals surface area contributed by atoms with Crippen LogP contribution in [-0.4, -0.2) is 17.2 Å². The molecule has 6 nitrogen and oxygen atoms in total. The Morgan fingerprint density at radius 2 is 2.00 bits per heavy atom. The van der Waals surface area contributed by atoms with E-state index in [-0.39, 0.29) is 9.92 Å². The van der Waals surface area contributed by atoms with Crippen LogP contribution in [-0.2, 0) is 10.0 Å². The lowest BCUT2D eigenvalue weighted by molar-refractivity contribution is 0.602. The van der Waals surface area contributed by atoms with Crippen molar-refractivity contribution in [3.05, 3.63) is 41.4 Å². The van der Waals surface area contributed by atoms with Gasteiger partial charge in [-0.05, 0) is 30.3 Å². The van der Waals surface area contributed by atoms with Gasteiger partial charge in [0, 0.05) is 0 Å². The minimum atomic E-state index is -3.78. The summed E-state index contributed by atoms with van der Waals surface area (Å²) in [5.74, 6) is 0. The lowest BCUT2D eigenvalue weighted by Gasteiger charge is -2.09. The minimum Gasteiger partial charge on any atom is -0.398 e. The summed E-state index contributed by atoms with van der Waals surface area (Å²) in [5.41, 5.74) is 7.19. The summed E-state index contributed by atoms with van der Waals surface area (Å²) < 4.78 is 35.4. The molecule has 0 aliphatic carbocycles. The van der Waals surface area contributed by atoms with Gasteiger partial charge in [-0.1, -0.05) is 17.7 Å². The number of benzene rings is 2. The molecule has 0 radical (unpaired) electrons. The number of nitrogen functional groups attached to an aromatic ring is 1. The highest BCUT2D eigenvalue weighted by Crippen LogP contribution is 2.26. The summed E-state index contributed by atoms with van der Waals surface area (Å²) in [6.07, 6.45) is 0. The number of hydrogen-bond donors (Lipinski definition) is 2. The first-order chi connectivity index (χ1) is 9.97. The van der Waals surface area contributed by atoms with E-state index in [1.165, 1.54) is 24.3 Å². The molecule has 3 rings (SSSR count). The smallest absolute Gasteiger partial charge is 0.264 e. The molecule has 0 atom stereocenters. The largest absolute Gasteiger partial charge is 0.398 e. The second-order valence-electron chi connectivity index (χ2n) is 4.23. The van der Waals surface area contributed by atoms with Gasteiger partial charge in [-0.3, -0.25) is 4.72 Å². The van der Waals surface area contributed by atoms with E-state index in [2.05, 4.69) is 13.5 Å². The molecule has 0 spiro atoms. The van der Waals surface area contributed by atoms with Gasteiger partial charge in [-0.25, -0.2) is 8.42 Å². The lowest BCUT2D eigenvalue weighted by atomic mass is 10.3. The minimum absolute atomic E-state index is 0.0710. The number of nitrogens with zero attached hydrogens (tertiary/aromatic N) is 2. The van der Waals surface area contributed by atoms with E-state index in [1.807, 2.05) is 0 Å². The molecule has 0 fully saturated rings. The van der Waals surface area contributed by atoms with Crippen LogP contribution in [0.2, 0.25) is 5.02 Å². The highest BCUT2D eigenvalue weighted by atomic mass is 35.5. The quantitative estimate of drug-likeness (QED) is 0.714. The molecule has 0 aliphatic heterocycles. The van der Waals surface area contributed by atoms with Crippen LogP contribution in [0.3, 0.4) is 0 Å². The molecule has 0 amide bonds. The molecule has 3 N–H and O–H groups in total. The van der Waals surface area contributed by atoms with Gasteiger partial charge in [0.25, 0.3) is 10.0 Å². The average molecular weight is 341 g/mol. The van der Waals surface area contributed by atoms with Gasteiger partial charge in [0.15, 0.2) is 0 Å². The Morgan fingerprint density at radius 1 is 1.19 bits per heavy atom. The summed E-state index contributed by atoms with van der Waals surface area (Å²) in [7, 11) is -3.78. The molecule has 1 aromatic heterocycles. The normalized spacial score (nSPS) is 11.7. The predicted molar refractivity (Wildman–Crippen MR) is 84.1 cm³/mol. The van der Waals surface area contributed by atoms with Crippen molar-refractivity contribution in [2.45, 2.75) is 4.90 Å². The summed E-state index contributed by atoms with van der Waals surface area (Å²) in [4.78, 5) is 0.0710. The van der Waals surface area contributed by atoms with Crippen molar-refractivity contribution >= 4 is 55.8 Å². The standard InChI is InChI=1S/C12H9ClN4O2S2/c13-8-6-7(4-5-9(8)14)17-21(18,19)11-3-1-2-10-12(11)16-20-15-10/h1-6,17H,14H2. The van der Waals surface area contributed by atoms with Gasteiger partial charge >= 0.3 is 0 Å². The van der Waals surface area contributed by atoms with Gasteiger partial charge in [-0.2, -0.15) is 8.75 Å². The maximum atomic E-state index is 12.5. The fraction of sp³-hybridized carbons (Fsp3) is 0. The number of halogens is 1. The van der Waals surface area contributed by atoms with Crippen LogP contribution in [0.4, 0.5) is 11.4 Å². The number of fused-ring (bicyclic) bond motifs is 1. The molecule has 21 heavy (non-hydrogen) atoms. The maximum absolute atomic E-state index is 12.5. The highest BCUT2D eigenvalue weighted by Gasteiger charge is 2.19. The van der Waals surface area contributed by atoms with Crippen molar-refractivity contribution < 1.29 is 8.42 Å². The monoisotopic (exact) mass is 340 g/mol. The van der Waals surface area contributed by atoms with Crippen molar-refractivity contribution in [1.82, 2.24) is 8.75 Å². The first-order valence-electron chi connectivity index (χ1n) is 5.76. The molecule has 2 aromatic carbocycles. The molecule has 9 heteroatoms. The van der Waals surface area contributed by atoms with E-state index in [0.717, 1.165) is 11.7 Å². The van der Waals surface area contributed by atoms with Crippen LogP contribution in [0.15, 0.2) is 41.3 Å². The Bertz CT molecular complexity index is 924. The van der Waals surface area contributed by atoms with Crippen LogP contribution < -0.4 is 10.5 Å². The Morgan fingerprint density at radius 3 is 2.76 bits per heavy atom. The first-order valence-corrected chi connectivity index (χ1v) is 8.36. The zero-order valence-corrected chi connectivity index (χ0v) is 12.8. The van der Waals surface area contributed by atoms with Crippen molar-refractivity contribution in [2.75, 3.05) is 10.5 Å². The summed E-state index contributed by atoms with van der Waals surface area (Å²) in [6, 6.07) is 9.33. The Labute approximate surface area is 129 Å². The fourth-order valence-electron chi connectivity index (χ4n) is 1.80. The predicted octanol–water partition coefficient (Wildman–Crippen LogP) is 2.73. The second kappa shape index (κ2) is 5.14. The van der Waals surface area contributed by atoms with Gasteiger partial charge in [-0.15, -0.1) is 0 Å². The van der Waals surface area contributed by atoms with E-state index >= 15 is 0 Å². The number of anilines is 2. The van der Waals surface area contributed by atoms with Gasteiger partial charge in [0.2, 0.25) is 0 Å². The molecule has 0 bridgehead atoms. The summed E-state index contributed by atoms with van der Waals surface area (Å²) in [6.45, 7) is 0. The Hall–Kier alpha value is -1.90. The maximum Gasteiger partial charge on any atom is 0.264 e. The zero-order valence-electron chi connectivity index (χ0n) is 10.4. The van der Waals surface area contributed by atoms with E-state index in [0.29, 0.717) is 22.4 Å². The first kappa shape index (κ1) is 14.1. The third-order valence-corrected chi connectivity index (χ3v) is 5.07. The SMILES string of the molecule is Nc1ccc(NS(=O)(=O)c2cccc3nsnc23)cc1Cl. The fourth-order valence-corrected chi connectivity index (χ4v) is 3.80. The van der Waals surface area contributed by atoms with Crippen molar-refractivity contribution in [1.29, 1.82) is 0 Å². The number of hydrogen-bond acceptors (Lipinski definition) is 6. The highest BCUT2D eigenvalue weighted by molar-refractivity contribution is 7.93. The molecule has 108 valence electrons. The van der Waals surface area contributed by atoms with E-state index in [4.69, 9.17) is 17.3 Å². The molecular weight excluding hydrogens is 332 g/mol. The summed E-state index contributed by atoms with van der Waals surface area (Å²) >= 11 is 6.85. The van der Waals surface area contributed by atoms with Crippen molar-refractivity contribution in [3.8, 4) is 0 Å². The molecule has 0 aliphatic rings. The Kier molecular flexibility index (Phi) is 3.44. The average Bonchev–Trinajstić information content (AvgIpc) is 2.90. The zero-order chi connectivity index (χ0) is 15.0.